The normalized spacial score (nSPS) is 11.8. The number of likely N-dealkylation sites (N-methyl/N-ethyl adjacent to an activating group) is 1. The molecular formula is C13H18N2O5. The molecule has 1 heterocycles. The van der Waals surface area contributed by atoms with Crippen molar-refractivity contribution in [3.05, 3.63) is 23.7 Å². The van der Waals surface area contributed by atoms with Crippen molar-refractivity contribution in [3.8, 4) is 0 Å². The molecule has 1 aromatic heterocycles. The highest BCUT2D eigenvalue weighted by Gasteiger charge is 2.22. The SMILES string of the molecule is CCN(CC)C(=O)C(C)NC(=O)c1cc(C(=O)O)co1. The number of carboxylic acid groups (broad SMARTS) is 1. The molecule has 110 valence electrons. The van der Waals surface area contributed by atoms with Crippen LogP contribution < -0.4 is 5.32 Å². The molecule has 0 saturated heterocycles. The third-order valence-corrected chi connectivity index (χ3v) is 2.86. The van der Waals surface area contributed by atoms with Gasteiger partial charge in [0.05, 0.1) is 5.56 Å². The van der Waals surface area contributed by atoms with Gasteiger partial charge in [0.1, 0.15) is 12.3 Å². The van der Waals surface area contributed by atoms with Gasteiger partial charge in [-0.15, -0.1) is 0 Å². The van der Waals surface area contributed by atoms with Crippen LogP contribution in [0.2, 0.25) is 0 Å². The highest BCUT2D eigenvalue weighted by atomic mass is 16.4. The summed E-state index contributed by atoms with van der Waals surface area (Å²) in [5, 5.41) is 11.2. The maximum Gasteiger partial charge on any atom is 0.338 e. The molecule has 2 amide bonds. The molecule has 1 aromatic rings. The van der Waals surface area contributed by atoms with Crippen molar-refractivity contribution >= 4 is 17.8 Å². The number of carbonyl (C=O) groups is 3. The van der Waals surface area contributed by atoms with Crippen molar-refractivity contribution < 1.29 is 23.9 Å². The monoisotopic (exact) mass is 282 g/mol. The van der Waals surface area contributed by atoms with Gasteiger partial charge in [0, 0.05) is 19.2 Å². The van der Waals surface area contributed by atoms with E-state index in [0.29, 0.717) is 13.1 Å². The Morgan fingerprint density at radius 3 is 2.40 bits per heavy atom. The van der Waals surface area contributed by atoms with E-state index < -0.39 is 17.9 Å². The van der Waals surface area contributed by atoms with Crippen molar-refractivity contribution in [3.63, 3.8) is 0 Å². The van der Waals surface area contributed by atoms with Crippen LogP contribution in [0.1, 0.15) is 41.7 Å². The summed E-state index contributed by atoms with van der Waals surface area (Å²) in [5.74, 6) is -2.14. The van der Waals surface area contributed by atoms with E-state index in [0.717, 1.165) is 12.3 Å². The molecule has 0 fully saturated rings. The van der Waals surface area contributed by atoms with E-state index >= 15 is 0 Å². The van der Waals surface area contributed by atoms with Gasteiger partial charge in [0.25, 0.3) is 5.91 Å². The highest BCUT2D eigenvalue weighted by molar-refractivity contribution is 5.97. The fraction of sp³-hybridized carbons (Fsp3) is 0.462. The van der Waals surface area contributed by atoms with Crippen molar-refractivity contribution in [2.24, 2.45) is 0 Å². The standard InChI is InChI=1S/C13H18N2O5/c1-4-15(5-2)12(17)8(3)14-11(16)10-6-9(7-20-10)13(18)19/h6-8H,4-5H2,1-3H3,(H,14,16)(H,18,19). The summed E-state index contributed by atoms with van der Waals surface area (Å²) in [6, 6.07) is 0.410. The highest BCUT2D eigenvalue weighted by Crippen LogP contribution is 2.08. The van der Waals surface area contributed by atoms with Crippen LogP contribution in [0.25, 0.3) is 0 Å². The minimum Gasteiger partial charge on any atom is -0.478 e. The number of nitrogens with zero attached hydrogens (tertiary/aromatic N) is 1. The summed E-state index contributed by atoms with van der Waals surface area (Å²) in [6.45, 7) is 6.38. The molecule has 1 unspecified atom stereocenters. The lowest BCUT2D eigenvalue weighted by molar-refractivity contribution is -0.132. The van der Waals surface area contributed by atoms with Crippen LogP contribution in [0.15, 0.2) is 16.7 Å². The first-order valence-corrected chi connectivity index (χ1v) is 6.32. The molecule has 0 aliphatic carbocycles. The molecule has 1 rings (SSSR count). The molecule has 0 spiro atoms. The van der Waals surface area contributed by atoms with Gasteiger partial charge >= 0.3 is 5.97 Å². The molecule has 0 aromatic carbocycles. The second kappa shape index (κ2) is 6.74. The Balaban J connectivity index is 2.69. The van der Waals surface area contributed by atoms with Gasteiger partial charge in [-0.2, -0.15) is 0 Å². The number of rotatable bonds is 6. The van der Waals surface area contributed by atoms with Crippen molar-refractivity contribution in [2.75, 3.05) is 13.1 Å². The van der Waals surface area contributed by atoms with E-state index in [9.17, 15) is 14.4 Å². The summed E-state index contributed by atoms with van der Waals surface area (Å²) >= 11 is 0. The second-order valence-corrected chi connectivity index (χ2v) is 4.21. The maximum absolute atomic E-state index is 12.0. The number of aromatic carboxylic acids is 1. The van der Waals surface area contributed by atoms with Crippen LogP contribution in [0.4, 0.5) is 0 Å². The molecule has 7 nitrogen and oxygen atoms in total. The number of hydrogen-bond acceptors (Lipinski definition) is 4. The predicted molar refractivity (Wildman–Crippen MR) is 70.5 cm³/mol. The van der Waals surface area contributed by atoms with Crippen LogP contribution in [0.5, 0.6) is 0 Å². The van der Waals surface area contributed by atoms with Crippen LogP contribution >= 0.6 is 0 Å². The quantitative estimate of drug-likeness (QED) is 0.809. The Hall–Kier alpha value is -2.31. The van der Waals surface area contributed by atoms with Gasteiger partial charge in [0.2, 0.25) is 5.91 Å². The summed E-state index contributed by atoms with van der Waals surface area (Å²) in [7, 11) is 0. The Morgan fingerprint density at radius 1 is 1.35 bits per heavy atom. The van der Waals surface area contributed by atoms with Gasteiger partial charge in [-0.1, -0.05) is 0 Å². The molecule has 20 heavy (non-hydrogen) atoms. The number of amides is 2. The minimum atomic E-state index is -1.18. The zero-order valence-electron chi connectivity index (χ0n) is 11.7. The van der Waals surface area contributed by atoms with Crippen LogP contribution in [-0.2, 0) is 4.79 Å². The summed E-state index contributed by atoms with van der Waals surface area (Å²) in [5.41, 5.74) is -0.113. The lowest BCUT2D eigenvalue weighted by Crippen LogP contribution is -2.46. The number of carboxylic acids is 1. The molecule has 0 bridgehead atoms. The molecule has 0 saturated carbocycles. The van der Waals surface area contributed by atoms with Gasteiger partial charge in [-0.25, -0.2) is 4.79 Å². The molecule has 0 radical (unpaired) electrons. The molecule has 0 aliphatic rings. The van der Waals surface area contributed by atoms with E-state index in [1.165, 1.54) is 0 Å². The summed E-state index contributed by atoms with van der Waals surface area (Å²) in [6.07, 6.45) is 0.980. The molecule has 0 aliphatic heterocycles. The summed E-state index contributed by atoms with van der Waals surface area (Å²) < 4.78 is 4.86. The number of furan rings is 1. The maximum atomic E-state index is 12.0. The first-order chi connectivity index (χ1) is 9.40. The Kier molecular flexibility index (Phi) is 5.31. The van der Waals surface area contributed by atoms with Crippen molar-refractivity contribution in [2.45, 2.75) is 26.8 Å². The largest absolute Gasteiger partial charge is 0.478 e. The number of nitrogens with one attached hydrogen (secondary N) is 1. The lowest BCUT2D eigenvalue weighted by atomic mass is 10.2. The van der Waals surface area contributed by atoms with E-state index in [2.05, 4.69) is 5.32 Å². The molecule has 7 heteroatoms. The zero-order chi connectivity index (χ0) is 15.3. The zero-order valence-corrected chi connectivity index (χ0v) is 11.7. The number of hydrogen-bond donors (Lipinski definition) is 2. The minimum absolute atomic E-state index is 0.113. The Morgan fingerprint density at radius 2 is 1.95 bits per heavy atom. The fourth-order valence-electron chi connectivity index (χ4n) is 1.71. The molecular weight excluding hydrogens is 264 g/mol. The first-order valence-electron chi connectivity index (χ1n) is 6.32. The van der Waals surface area contributed by atoms with Crippen molar-refractivity contribution in [1.82, 2.24) is 10.2 Å². The fourth-order valence-corrected chi connectivity index (χ4v) is 1.71. The molecule has 1 atom stereocenters. The average Bonchev–Trinajstić information content (AvgIpc) is 2.89. The van der Waals surface area contributed by atoms with E-state index in [1.807, 2.05) is 13.8 Å². The van der Waals surface area contributed by atoms with Crippen LogP contribution in [0, 0.1) is 0 Å². The third-order valence-electron chi connectivity index (χ3n) is 2.86. The van der Waals surface area contributed by atoms with Gasteiger partial charge in [-0.3, -0.25) is 9.59 Å². The molecule has 2 N–H and O–H groups in total. The second-order valence-electron chi connectivity index (χ2n) is 4.21. The van der Waals surface area contributed by atoms with Crippen LogP contribution in [-0.4, -0.2) is 46.9 Å². The van der Waals surface area contributed by atoms with Gasteiger partial charge in [0.15, 0.2) is 5.76 Å². The smallest absolute Gasteiger partial charge is 0.338 e. The van der Waals surface area contributed by atoms with Gasteiger partial charge < -0.3 is 19.7 Å². The van der Waals surface area contributed by atoms with Crippen LogP contribution in [0.3, 0.4) is 0 Å². The predicted octanol–water partition coefficient (Wildman–Crippen LogP) is 0.964. The third kappa shape index (κ3) is 3.59. The van der Waals surface area contributed by atoms with Gasteiger partial charge in [-0.05, 0) is 20.8 Å². The van der Waals surface area contributed by atoms with E-state index in [-0.39, 0.29) is 17.2 Å². The van der Waals surface area contributed by atoms with Crippen molar-refractivity contribution in [1.29, 1.82) is 0 Å². The Bertz CT molecular complexity index is 505. The topological polar surface area (TPSA) is 99.9 Å². The average molecular weight is 282 g/mol. The number of carbonyl (C=O) groups excluding carboxylic acids is 2. The van der Waals surface area contributed by atoms with E-state index in [4.69, 9.17) is 9.52 Å². The lowest BCUT2D eigenvalue weighted by Gasteiger charge is -2.23. The summed E-state index contributed by atoms with van der Waals surface area (Å²) in [4.78, 5) is 36.1. The Labute approximate surface area is 116 Å². The van der Waals surface area contributed by atoms with E-state index in [1.54, 1.807) is 11.8 Å². The first kappa shape index (κ1) is 15.7.